The van der Waals surface area contributed by atoms with Gasteiger partial charge in [0.25, 0.3) is 0 Å². The summed E-state index contributed by atoms with van der Waals surface area (Å²) in [6.45, 7) is 4.61. The Bertz CT molecular complexity index is 246. The van der Waals surface area contributed by atoms with E-state index in [0.717, 1.165) is 52.0 Å². The van der Waals surface area contributed by atoms with Gasteiger partial charge in [0.05, 0.1) is 33.0 Å². The number of methoxy groups -OCH3 is 1. The van der Waals surface area contributed by atoms with E-state index in [1.54, 1.807) is 7.11 Å². The number of ether oxygens (including phenoxy) is 4. The molecule has 0 N–H and O–H groups in total. The first kappa shape index (κ1) is 15.2. The Labute approximate surface area is 116 Å². The van der Waals surface area contributed by atoms with Crippen molar-refractivity contribution in [3.05, 3.63) is 0 Å². The molecule has 2 rings (SSSR count). The van der Waals surface area contributed by atoms with Crippen molar-refractivity contribution in [3.8, 4) is 0 Å². The number of rotatable bonds is 7. The van der Waals surface area contributed by atoms with Crippen LogP contribution in [0.3, 0.4) is 0 Å². The maximum atomic E-state index is 5.76. The first-order valence-corrected chi connectivity index (χ1v) is 7.31. The lowest BCUT2D eigenvalue weighted by Crippen LogP contribution is -2.43. The van der Waals surface area contributed by atoms with Crippen molar-refractivity contribution in [3.63, 3.8) is 0 Å². The first-order valence-electron chi connectivity index (χ1n) is 7.31. The minimum atomic E-state index is -0.244. The van der Waals surface area contributed by atoms with Crippen molar-refractivity contribution in [1.29, 1.82) is 0 Å². The Morgan fingerprint density at radius 2 is 1.79 bits per heavy atom. The highest BCUT2D eigenvalue weighted by atomic mass is 16.7. The van der Waals surface area contributed by atoms with Gasteiger partial charge in [0.1, 0.15) is 0 Å². The highest BCUT2D eigenvalue weighted by molar-refractivity contribution is 4.85. The van der Waals surface area contributed by atoms with E-state index in [0.29, 0.717) is 19.3 Å². The second-order valence-electron chi connectivity index (χ2n) is 5.42. The highest BCUT2D eigenvalue weighted by Crippen LogP contribution is 2.36. The second-order valence-corrected chi connectivity index (χ2v) is 5.42. The summed E-state index contributed by atoms with van der Waals surface area (Å²) in [4.78, 5) is 2.40. The SMILES string of the molecule is COCCOCCN(C)C1CCC2(CC1)OCCO2. The number of hydrogen-bond donors (Lipinski definition) is 0. The van der Waals surface area contributed by atoms with Crippen molar-refractivity contribution in [1.82, 2.24) is 4.90 Å². The van der Waals surface area contributed by atoms with Crippen LogP contribution in [0.15, 0.2) is 0 Å². The van der Waals surface area contributed by atoms with E-state index in [-0.39, 0.29) is 5.79 Å². The third kappa shape index (κ3) is 4.39. The molecular formula is C14H27NO4. The zero-order chi connectivity index (χ0) is 13.6. The summed E-state index contributed by atoms with van der Waals surface area (Å²) in [6.07, 6.45) is 4.34. The zero-order valence-corrected chi connectivity index (χ0v) is 12.2. The number of likely N-dealkylation sites (N-methyl/N-ethyl adjacent to an activating group) is 1. The Hall–Kier alpha value is -0.200. The predicted octanol–water partition coefficient (Wildman–Crippen LogP) is 1.27. The molecule has 0 radical (unpaired) electrons. The molecule has 0 unspecified atom stereocenters. The smallest absolute Gasteiger partial charge is 0.168 e. The first-order chi connectivity index (χ1) is 9.26. The van der Waals surface area contributed by atoms with Crippen LogP contribution in [0, 0.1) is 0 Å². The molecule has 5 nitrogen and oxygen atoms in total. The van der Waals surface area contributed by atoms with Crippen LogP contribution >= 0.6 is 0 Å². The molecule has 0 bridgehead atoms. The van der Waals surface area contributed by atoms with Gasteiger partial charge in [0, 0.05) is 32.5 Å². The average Bonchev–Trinajstić information content (AvgIpc) is 2.87. The summed E-state index contributed by atoms with van der Waals surface area (Å²) < 4.78 is 22.0. The molecule has 2 fully saturated rings. The molecular weight excluding hydrogens is 246 g/mol. The summed E-state index contributed by atoms with van der Waals surface area (Å²) in [6, 6.07) is 0.629. The zero-order valence-electron chi connectivity index (χ0n) is 12.2. The topological polar surface area (TPSA) is 40.2 Å². The summed E-state index contributed by atoms with van der Waals surface area (Å²) in [5, 5.41) is 0. The molecule has 0 aromatic heterocycles. The Balaban J connectivity index is 1.60. The molecule has 1 spiro atoms. The summed E-state index contributed by atoms with van der Waals surface area (Å²) in [5.41, 5.74) is 0. The molecule has 1 aliphatic heterocycles. The fraction of sp³-hybridized carbons (Fsp3) is 1.00. The third-order valence-corrected chi connectivity index (χ3v) is 4.17. The van der Waals surface area contributed by atoms with Gasteiger partial charge < -0.3 is 23.8 Å². The van der Waals surface area contributed by atoms with Crippen LogP contribution in [0.1, 0.15) is 25.7 Å². The molecule has 1 heterocycles. The molecule has 112 valence electrons. The molecule has 0 atom stereocenters. The molecule has 1 saturated heterocycles. The molecule has 5 heteroatoms. The summed E-state index contributed by atoms with van der Waals surface area (Å²) in [7, 11) is 3.87. The van der Waals surface area contributed by atoms with Crippen LogP contribution in [0.4, 0.5) is 0 Å². The van der Waals surface area contributed by atoms with Crippen LogP contribution in [0.5, 0.6) is 0 Å². The monoisotopic (exact) mass is 273 g/mol. The van der Waals surface area contributed by atoms with Gasteiger partial charge in [-0.15, -0.1) is 0 Å². The molecule has 0 aromatic carbocycles. The van der Waals surface area contributed by atoms with Crippen molar-refractivity contribution in [2.24, 2.45) is 0 Å². The normalized spacial score (nSPS) is 23.5. The standard InChI is InChI=1S/C14H27NO4/c1-15(7-8-17-10-9-16-2)13-3-5-14(6-4-13)18-11-12-19-14/h13H,3-12H2,1-2H3. The molecule has 0 amide bonds. The van der Waals surface area contributed by atoms with Gasteiger partial charge in [-0.3, -0.25) is 0 Å². The minimum absolute atomic E-state index is 0.244. The molecule has 19 heavy (non-hydrogen) atoms. The second kappa shape index (κ2) is 7.55. The van der Waals surface area contributed by atoms with Gasteiger partial charge >= 0.3 is 0 Å². The molecule has 0 aromatic rings. The van der Waals surface area contributed by atoms with E-state index in [9.17, 15) is 0 Å². The lowest BCUT2D eigenvalue weighted by atomic mass is 9.89. The van der Waals surface area contributed by atoms with Gasteiger partial charge in [-0.1, -0.05) is 0 Å². The van der Waals surface area contributed by atoms with E-state index >= 15 is 0 Å². The van der Waals surface area contributed by atoms with Gasteiger partial charge in [0.2, 0.25) is 0 Å². The fourth-order valence-corrected chi connectivity index (χ4v) is 2.90. The maximum absolute atomic E-state index is 5.76. The molecule has 2 aliphatic rings. The quantitative estimate of drug-likeness (QED) is 0.653. The van der Waals surface area contributed by atoms with E-state index < -0.39 is 0 Å². The average molecular weight is 273 g/mol. The molecule has 1 aliphatic carbocycles. The maximum Gasteiger partial charge on any atom is 0.168 e. The van der Waals surface area contributed by atoms with E-state index in [4.69, 9.17) is 18.9 Å². The van der Waals surface area contributed by atoms with Crippen LogP contribution in [-0.2, 0) is 18.9 Å². The Kier molecular flexibility index (Phi) is 6.04. The van der Waals surface area contributed by atoms with E-state index in [1.807, 2.05) is 0 Å². The van der Waals surface area contributed by atoms with Crippen molar-refractivity contribution in [2.45, 2.75) is 37.5 Å². The largest absolute Gasteiger partial charge is 0.382 e. The highest BCUT2D eigenvalue weighted by Gasteiger charge is 2.40. The van der Waals surface area contributed by atoms with Gasteiger partial charge in [-0.05, 0) is 19.9 Å². The van der Waals surface area contributed by atoms with Crippen molar-refractivity contribution in [2.75, 3.05) is 53.7 Å². The molecule has 1 saturated carbocycles. The van der Waals surface area contributed by atoms with Crippen molar-refractivity contribution < 1.29 is 18.9 Å². The van der Waals surface area contributed by atoms with Gasteiger partial charge in [-0.2, -0.15) is 0 Å². The van der Waals surface area contributed by atoms with Crippen LogP contribution in [-0.4, -0.2) is 70.5 Å². The lowest BCUT2D eigenvalue weighted by molar-refractivity contribution is -0.183. The van der Waals surface area contributed by atoms with Crippen LogP contribution in [0.2, 0.25) is 0 Å². The summed E-state index contributed by atoms with van der Waals surface area (Å²) >= 11 is 0. The number of hydrogen-bond acceptors (Lipinski definition) is 5. The minimum Gasteiger partial charge on any atom is -0.382 e. The summed E-state index contributed by atoms with van der Waals surface area (Å²) in [5.74, 6) is -0.244. The van der Waals surface area contributed by atoms with Gasteiger partial charge in [-0.25, -0.2) is 0 Å². The Morgan fingerprint density at radius 3 is 2.42 bits per heavy atom. The van der Waals surface area contributed by atoms with E-state index in [1.165, 1.54) is 0 Å². The third-order valence-electron chi connectivity index (χ3n) is 4.17. The fourth-order valence-electron chi connectivity index (χ4n) is 2.90. The van der Waals surface area contributed by atoms with Crippen molar-refractivity contribution >= 4 is 0 Å². The lowest BCUT2D eigenvalue weighted by Gasteiger charge is -2.39. The van der Waals surface area contributed by atoms with Gasteiger partial charge in [0.15, 0.2) is 5.79 Å². The Morgan fingerprint density at radius 1 is 1.11 bits per heavy atom. The predicted molar refractivity (Wildman–Crippen MR) is 72.2 cm³/mol. The van der Waals surface area contributed by atoms with Crippen LogP contribution in [0.25, 0.3) is 0 Å². The number of nitrogens with zero attached hydrogens (tertiary/aromatic N) is 1. The van der Waals surface area contributed by atoms with Crippen LogP contribution < -0.4 is 0 Å². The van der Waals surface area contributed by atoms with E-state index in [2.05, 4.69) is 11.9 Å².